The number of hydrogen-bond donors (Lipinski definition) is 0. The van der Waals surface area contributed by atoms with E-state index in [4.69, 9.17) is 0 Å². The second-order valence-electron chi connectivity index (χ2n) is 4.82. The Labute approximate surface area is 129 Å². The largest absolute Gasteiger partial charge is 0.326 e. The van der Waals surface area contributed by atoms with Crippen LogP contribution in [-0.2, 0) is 6.54 Å². The average Bonchev–Trinajstić information content (AvgIpc) is 3.01. The van der Waals surface area contributed by atoms with Crippen molar-refractivity contribution < 1.29 is 0 Å². The van der Waals surface area contributed by atoms with E-state index in [9.17, 15) is 0 Å². The van der Waals surface area contributed by atoms with Gasteiger partial charge in [-0.1, -0.05) is 72.4 Å². The van der Waals surface area contributed by atoms with Gasteiger partial charge in [0.25, 0.3) is 0 Å². The van der Waals surface area contributed by atoms with E-state index >= 15 is 0 Å². The van der Waals surface area contributed by atoms with Crippen LogP contribution in [0.3, 0.4) is 0 Å². The Morgan fingerprint density at radius 3 is 2.05 bits per heavy atom. The molecule has 0 spiro atoms. The Morgan fingerprint density at radius 2 is 1.52 bits per heavy atom. The average molecular weight is 294 g/mol. The lowest BCUT2D eigenvalue weighted by Crippen LogP contribution is -2.01. The van der Waals surface area contributed by atoms with E-state index < -0.39 is 0 Å². The van der Waals surface area contributed by atoms with Gasteiger partial charge < -0.3 is 4.57 Å². The summed E-state index contributed by atoms with van der Waals surface area (Å²) in [5.41, 5.74) is 2.61. The summed E-state index contributed by atoms with van der Waals surface area (Å²) in [6, 6.07) is 21.2. The minimum absolute atomic E-state index is 0.264. The van der Waals surface area contributed by atoms with E-state index in [1.165, 1.54) is 11.1 Å². The van der Waals surface area contributed by atoms with E-state index in [0.29, 0.717) is 0 Å². The van der Waals surface area contributed by atoms with Gasteiger partial charge in [-0.15, -0.1) is 0 Å². The molecule has 2 nitrogen and oxygen atoms in total. The zero-order valence-electron chi connectivity index (χ0n) is 12.0. The van der Waals surface area contributed by atoms with Gasteiger partial charge in [0.2, 0.25) is 0 Å². The second-order valence-corrected chi connectivity index (χ2v) is 5.89. The standard InChI is InChI=1S/C18H18N2S/c1-2-20-14-13-19-18(20)21-17(15-9-5-3-6-10-15)16-11-7-4-8-12-16/h3-14,17H,2H2,1H3. The van der Waals surface area contributed by atoms with Crippen LogP contribution >= 0.6 is 11.8 Å². The molecule has 0 radical (unpaired) electrons. The zero-order valence-corrected chi connectivity index (χ0v) is 12.8. The predicted molar refractivity (Wildman–Crippen MR) is 88.5 cm³/mol. The van der Waals surface area contributed by atoms with E-state index in [-0.39, 0.29) is 5.25 Å². The Morgan fingerprint density at radius 1 is 0.952 bits per heavy atom. The van der Waals surface area contributed by atoms with Crippen molar-refractivity contribution in [1.29, 1.82) is 0 Å². The van der Waals surface area contributed by atoms with E-state index in [0.717, 1.165) is 11.7 Å². The molecule has 0 saturated carbocycles. The van der Waals surface area contributed by atoms with Gasteiger partial charge in [-0.3, -0.25) is 0 Å². The summed E-state index contributed by atoms with van der Waals surface area (Å²) in [6.45, 7) is 3.09. The van der Waals surface area contributed by atoms with E-state index in [2.05, 4.69) is 77.1 Å². The van der Waals surface area contributed by atoms with Crippen molar-refractivity contribution in [3.63, 3.8) is 0 Å². The first-order chi connectivity index (χ1) is 10.4. The van der Waals surface area contributed by atoms with Crippen molar-refractivity contribution in [2.24, 2.45) is 0 Å². The molecule has 0 unspecified atom stereocenters. The van der Waals surface area contributed by atoms with Crippen molar-refractivity contribution in [3.8, 4) is 0 Å². The molecule has 3 aromatic rings. The fraction of sp³-hybridized carbons (Fsp3) is 0.167. The van der Waals surface area contributed by atoms with E-state index in [1.54, 1.807) is 11.8 Å². The van der Waals surface area contributed by atoms with Gasteiger partial charge >= 0.3 is 0 Å². The molecule has 0 fully saturated rings. The van der Waals surface area contributed by atoms with Crippen LogP contribution in [0.25, 0.3) is 0 Å². The van der Waals surface area contributed by atoms with Gasteiger partial charge in [-0.05, 0) is 18.1 Å². The van der Waals surface area contributed by atoms with Crippen LogP contribution in [0.15, 0.2) is 78.2 Å². The molecule has 0 N–H and O–H groups in total. The smallest absolute Gasteiger partial charge is 0.168 e. The van der Waals surface area contributed by atoms with Gasteiger partial charge in [-0.2, -0.15) is 0 Å². The molecule has 2 aromatic carbocycles. The topological polar surface area (TPSA) is 17.8 Å². The molecule has 0 saturated heterocycles. The molecule has 0 aliphatic heterocycles. The van der Waals surface area contributed by atoms with Crippen molar-refractivity contribution in [3.05, 3.63) is 84.2 Å². The third-order valence-electron chi connectivity index (χ3n) is 3.45. The molecular formula is C18H18N2S. The first-order valence-electron chi connectivity index (χ1n) is 7.16. The SMILES string of the molecule is CCn1ccnc1SC(c1ccccc1)c1ccccc1. The van der Waals surface area contributed by atoms with Gasteiger partial charge in [-0.25, -0.2) is 4.98 Å². The molecule has 106 valence electrons. The van der Waals surface area contributed by atoms with Crippen LogP contribution in [-0.4, -0.2) is 9.55 Å². The number of rotatable bonds is 5. The molecule has 3 heteroatoms. The van der Waals surface area contributed by atoms with Crippen LogP contribution < -0.4 is 0 Å². The molecule has 1 heterocycles. The van der Waals surface area contributed by atoms with Crippen molar-refractivity contribution >= 4 is 11.8 Å². The molecule has 0 aliphatic rings. The summed E-state index contributed by atoms with van der Waals surface area (Å²) in [4.78, 5) is 4.50. The van der Waals surface area contributed by atoms with Crippen molar-refractivity contribution in [2.45, 2.75) is 23.9 Å². The Bertz CT molecular complexity index is 637. The van der Waals surface area contributed by atoms with Gasteiger partial charge in [0.05, 0.1) is 5.25 Å². The molecule has 0 amide bonds. The number of thioether (sulfide) groups is 1. The summed E-state index contributed by atoms with van der Waals surface area (Å²) in [5, 5.41) is 1.33. The Kier molecular flexibility index (Phi) is 4.41. The van der Waals surface area contributed by atoms with Crippen LogP contribution in [0.1, 0.15) is 23.3 Å². The maximum atomic E-state index is 4.50. The normalized spacial score (nSPS) is 11.0. The fourth-order valence-electron chi connectivity index (χ4n) is 2.34. The summed E-state index contributed by atoms with van der Waals surface area (Å²) in [5.74, 6) is 0. The minimum atomic E-state index is 0.264. The maximum Gasteiger partial charge on any atom is 0.168 e. The van der Waals surface area contributed by atoms with Gasteiger partial charge in [0, 0.05) is 18.9 Å². The number of hydrogen-bond acceptors (Lipinski definition) is 2. The number of imidazole rings is 1. The highest BCUT2D eigenvalue weighted by Crippen LogP contribution is 2.39. The van der Waals surface area contributed by atoms with Gasteiger partial charge in [0.1, 0.15) is 0 Å². The van der Waals surface area contributed by atoms with Crippen LogP contribution in [0, 0.1) is 0 Å². The first-order valence-corrected chi connectivity index (χ1v) is 8.04. The lowest BCUT2D eigenvalue weighted by atomic mass is 10.0. The molecule has 21 heavy (non-hydrogen) atoms. The van der Waals surface area contributed by atoms with Crippen LogP contribution in [0.2, 0.25) is 0 Å². The van der Waals surface area contributed by atoms with E-state index in [1.807, 2.05) is 12.4 Å². The summed E-state index contributed by atoms with van der Waals surface area (Å²) >= 11 is 1.80. The fourth-order valence-corrected chi connectivity index (χ4v) is 3.59. The quantitative estimate of drug-likeness (QED) is 0.630. The summed E-state index contributed by atoms with van der Waals surface area (Å²) in [6.07, 6.45) is 3.91. The molecule has 0 aliphatic carbocycles. The minimum Gasteiger partial charge on any atom is -0.326 e. The predicted octanol–water partition coefficient (Wildman–Crippen LogP) is 4.78. The molecule has 0 atom stereocenters. The lowest BCUT2D eigenvalue weighted by molar-refractivity contribution is 0.680. The van der Waals surface area contributed by atoms with Crippen LogP contribution in [0.4, 0.5) is 0 Å². The number of nitrogens with zero attached hydrogens (tertiary/aromatic N) is 2. The zero-order chi connectivity index (χ0) is 14.5. The van der Waals surface area contributed by atoms with Crippen molar-refractivity contribution in [2.75, 3.05) is 0 Å². The molecule has 3 rings (SSSR count). The third-order valence-corrected chi connectivity index (χ3v) is 4.78. The first kappa shape index (κ1) is 14.0. The molecular weight excluding hydrogens is 276 g/mol. The van der Waals surface area contributed by atoms with Crippen LogP contribution in [0.5, 0.6) is 0 Å². The lowest BCUT2D eigenvalue weighted by Gasteiger charge is -2.17. The Hall–Kier alpha value is -2.00. The maximum absolute atomic E-state index is 4.50. The monoisotopic (exact) mass is 294 g/mol. The summed E-state index contributed by atoms with van der Waals surface area (Å²) < 4.78 is 2.18. The highest BCUT2D eigenvalue weighted by Gasteiger charge is 2.17. The molecule has 1 aromatic heterocycles. The second kappa shape index (κ2) is 6.64. The highest BCUT2D eigenvalue weighted by atomic mass is 32.2. The Balaban J connectivity index is 1.97. The summed E-state index contributed by atoms with van der Waals surface area (Å²) in [7, 11) is 0. The van der Waals surface area contributed by atoms with Gasteiger partial charge in [0.15, 0.2) is 5.16 Å². The number of aromatic nitrogens is 2. The number of aryl methyl sites for hydroxylation is 1. The molecule has 0 bridgehead atoms. The van der Waals surface area contributed by atoms with Crippen molar-refractivity contribution in [1.82, 2.24) is 9.55 Å². The highest BCUT2D eigenvalue weighted by molar-refractivity contribution is 7.99. The number of benzene rings is 2. The third kappa shape index (κ3) is 3.19.